The molecule has 0 aliphatic carbocycles. The van der Waals surface area contributed by atoms with E-state index in [-0.39, 0.29) is 13.2 Å². The van der Waals surface area contributed by atoms with Crippen LogP contribution in [0, 0.1) is 0 Å². The third-order valence-corrected chi connectivity index (χ3v) is 3.77. The number of benzene rings is 1. The van der Waals surface area contributed by atoms with Gasteiger partial charge in [0.05, 0.1) is 6.54 Å². The minimum atomic E-state index is -1.16. The average molecular weight is 418 g/mol. The van der Waals surface area contributed by atoms with Gasteiger partial charge in [0.25, 0.3) is 0 Å². The highest BCUT2D eigenvalue weighted by molar-refractivity contribution is 5.85. The van der Waals surface area contributed by atoms with E-state index in [9.17, 15) is 14.4 Å². The van der Waals surface area contributed by atoms with Crippen molar-refractivity contribution in [3.05, 3.63) is 48.0 Å². The lowest BCUT2D eigenvalue weighted by atomic mass is 10.2. The van der Waals surface area contributed by atoms with Crippen molar-refractivity contribution >= 4 is 18.2 Å². The summed E-state index contributed by atoms with van der Waals surface area (Å²) in [7, 11) is 0. The van der Waals surface area contributed by atoms with E-state index in [1.165, 1.54) is 6.08 Å². The van der Waals surface area contributed by atoms with Crippen LogP contribution in [0.25, 0.3) is 0 Å². The molecule has 0 aromatic heterocycles. The van der Waals surface area contributed by atoms with Crippen LogP contribution in [0.4, 0.5) is 9.59 Å². The molecule has 0 radical (unpaired) electrons. The summed E-state index contributed by atoms with van der Waals surface area (Å²) in [5.41, 5.74) is -0.796. The van der Waals surface area contributed by atoms with Gasteiger partial charge in [0.1, 0.15) is 17.8 Å². The number of esters is 1. The van der Waals surface area contributed by atoms with E-state index < -0.39 is 35.4 Å². The zero-order valence-corrected chi connectivity index (χ0v) is 18.4. The predicted octanol–water partition coefficient (Wildman–Crippen LogP) is 4.06. The SMILES string of the molecule is CC(C)(C)OC(=O)N1CC=C[C@@H](C(=O)OCc2ccccc2)N1C(=O)OC(C)(C)C. The maximum absolute atomic E-state index is 12.9. The van der Waals surface area contributed by atoms with Crippen molar-refractivity contribution in [2.24, 2.45) is 0 Å². The predicted molar refractivity (Wildman–Crippen MR) is 110 cm³/mol. The standard InChI is InChI=1S/C22H30N2O6/c1-21(2,3)29-19(26)23-14-10-13-17(24(23)20(27)30-22(4,5)6)18(25)28-15-16-11-8-7-9-12-16/h7-13,17H,14-15H2,1-6H3/t17-/m0/s1. The molecule has 0 spiro atoms. The first-order valence-corrected chi connectivity index (χ1v) is 9.77. The van der Waals surface area contributed by atoms with Crippen molar-refractivity contribution in [1.82, 2.24) is 10.0 Å². The third kappa shape index (κ3) is 6.79. The van der Waals surface area contributed by atoms with Gasteiger partial charge in [-0.25, -0.2) is 19.4 Å². The molecule has 1 heterocycles. The Hall–Kier alpha value is -3.03. The van der Waals surface area contributed by atoms with Crippen LogP contribution < -0.4 is 0 Å². The second kappa shape index (κ2) is 9.19. The van der Waals surface area contributed by atoms with Crippen LogP contribution in [0.5, 0.6) is 0 Å². The molecular formula is C22H30N2O6. The fourth-order valence-corrected chi connectivity index (χ4v) is 2.60. The summed E-state index contributed by atoms with van der Waals surface area (Å²) in [6.45, 7) is 10.3. The van der Waals surface area contributed by atoms with E-state index in [1.807, 2.05) is 30.3 Å². The van der Waals surface area contributed by atoms with Gasteiger partial charge in [0, 0.05) is 0 Å². The van der Waals surface area contributed by atoms with Crippen LogP contribution in [0.3, 0.4) is 0 Å². The Morgan fingerprint density at radius 1 is 0.933 bits per heavy atom. The molecule has 2 rings (SSSR count). The van der Waals surface area contributed by atoms with Gasteiger partial charge in [0.15, 0.2) is 6.04 Å². The maximum Gasteiger partial charge on any atom is 0.430 e. The van der Waals surface area contributed by atoms with Gasteiger partial charge in [-0.15, -0.1) is 0 Å². The van der Waals surface area contributed by atoms with Gasteiger partial charge in [-0.05, 0) is 47.1 Å². The topological polar surface area (TPSA) is 85.4 Å². The molecule has 1 aromatic rings. The van der Waals surface area contributed by atoms with E-state index in [4.69, 9.17) is 14.2 Å². The maximum atomic E-state index is 12.9. The van der Waals surface area contributed by atoms with Crippen LogP contribution in [0.15, 0.2) is 42.5 Å². The minimum absolute atomic E-state index is 0.0403. The van der Waals surface area contributed by atoms with Crippen molar-refractivity contribution in [1.29, 1.82) is 0 Å². The van der Waals surface area contributed by atoms with Gasteiger partial charge in [0.2, 0.25) is 0 Å². The van der Waals surface area contributed by atoms with Gasteiger partial charge >= 0.3 is 18.2 Å². The lowest BCUT2D eigenvalue weighted by Crippen LogP contribution is -2.60. The summed E-state index contributed by atoms with van der Waals surface area (Å²) in [6, 6.07) is 8.01. The van der Waals surface area contributed by atoms with Gasteiger partial charge in [-0.2, -0.15) is 5.01 Å². The molecule has 0 unspecified atom stereocenters. The van der Waals surface area contributed by atoms with E-state index in [0.29, 0.717) is 0 Å². The van der Waals surface area contributed by atoms with Gasteiger partial charge in [-0.3, -0.25) is 0 Å². The molecule has 30 heavy (non-hydrogen) atoms. The third-order valence-electron chi connectivity index (χ3n) is 3.77. The molecule has 2 amide bonds. The number of carbonyl (C=O) groups excluding carboxylic acids is 3. The average Bonchev–Trinajstić information content (AvgIpc) is 2.63. The summed E-state index contributed by atoms with van der Waals surface area (Å²) < 4.78 is 16.2. The van der Waals surface area contributed by atoms with Crippen LogP contribution >= 0.6 is 0 Å². The lowest BCUT2D eigenvalue weighted by Gasteiger charge is -2.40. The summed E-state index contributed by atoms with van der Waals surface area (Å²) >= 11 is 0. The Bertz CT molecular complexity index is 792. The Morgan fingerprint density at radius 2 is 1.50 bits per heavy atom. The molecule has 0 fully saturated rings. The molecular weight excluding hydrogens is 388 g/mol. The van der Waals surface area contributed by atoms with Crippen molar-refractivity contribution < 1.29 is 28.6 Å². The number of rotatable bonds is 3. The molecule has 1 aliphatic heterocycles. The number of nitrogens with zero attached hydrogens (tertiary/aromatic N) is 2. The molecule has 1 atom stereocenters. The fourth-order valence-electron chi connectivity index (χ4n) is 2.60. The summed E-state index contributed by atoms with van der Waals surface area (Å²) in [4.78, 5) is 38.4. The highest BCUT2D eigenvalue weighted by Gasteiger charge is 2.42. The second-order valence-electron chi connectivity index (χ2n) is 8.85. The van der Waals surface area contributed by atoms with Crippen molar-refractivity contribution in [2.45, 2.75) is 65.4 Å². The van der Waals surface area contributed by atoms with Crippen LogP contribution in [0.1, 0.15) is 47.1 Å². The molecule has 0 saturated heterocycles. The smallest absolute Gasteiger partial charge is 0.430 e. The summed E-state index contributed by atoms with van der Waals surface area (Å²) in [5.74, 6) is -0.686. The first-order chi connectivity index (χ1) is 13.9. The molecule has 1 aromatic carbocycles. The first kappa shape index (κ1) is 23.3. The van der Waals surface area contributed by atoms with E-state index >= 15 is 0 Å². The largest absolute Gasteiger partial charge is 0.459 e. The molecule has 0 saturated carbocycles. The quantitative estimate of drug-likeness (QED) is 0.418. The van der Waals surface area contributed by atoms with Crippen LogP contribution in [-0.4, -0.2) is 52.0 Å². The number of ether oxygens (including phenoxy) is 3. The Kier molecular flexibility index (Phi) is 7.12. The first-order valence-electron chi connectivity index (χ1n) is 9.77. The zero-order chi connectivity index (χ0) is 22.5. The number of amides is 2. The Balaban J connectivity index is 2.25. The molecule has 164 valence electrons. The van der Waals surface area contributed by atoms with Crippen molar-refractivity contribution in [3.63, 3.8) is 0 Å². The molecule has 8 heteroatoms. The minimum Gasteiger partial charge on any atom is -0.459 e. The Morgan fingerprint density at radius 3 is 2.07 bits per heavy atom. The second-order valence-corrected chi connectivity index (χ2v) is 8.85. The van der Waals surface area contributed by atoms with Crippen LogP contribution in [0.2, 0.25) is 0 Å². The fraction of sp³-hybridized carbons (Fsp3) is 0.500. The molecule has 8 nitrogen and oxygen atoms in total. The Labute approximate surface area is 177 Å². The number of hydrogen-bond donors (Lipinski definition) is 0. The zero-order valence-electron chi connectivity index (χ0n) is 18.4. The lowest BCUT2D eigenvalue weighted by molar-refractivity contribution is -0.156. The van der Waals surface area contributed by atoms with Crippen molar-refractivity contribution in [3.8, 4) is 0 Å². The summed E-state index contributed by atoms with van der Waals surface area (Å²) in [6.07, 6.45) is 1.51. The van der Waals surface area contributed by atoms with Crippen LogP contribution in [-0.2, 0) is 25.6 Å². The number of hydrogen-bond acceptors (Lipinski definition) is 6. The van der Waals surface area contributed by atoms with E-state index in [1.54, 1.807) is 47.6 Å². The summed E-state index contributed by atoms with van der Waals surface area (Å²) in [5, 5.41) is 2.00. The normalized spacial score (nSPS) is 16.8. The van der Waals surface area contributed by atoms with Gasteiger partial charge in [-0.1, -0.05) is 42.5 Å². The van der Waals surface area contributed by atoms with E-state index in [0.717, 1.165) is 15.6 Å². The highest BCUT2D eigenvalue weighted by atomic mass is 16.6. The monoisotopic (exact) mass is 418 g/mol. The van der Waals surface area contributed by atoms with Gasteiger partial charge < -0.3 is 14.2 Å². The molecule has 0 N–H and O–H groups in total. The highest BCUT2D eigenvalue weighted by Crippen LogP contribution is 2.22. The van der Waals surface area contributed by atoms with Crippen molar-refractivity contribution in [2.75, 3.05) is 6.54 Å². The molecule has 1 aliphatic rings. The number of carbonyl (C=O) groups is 3. The molecule has 0 bridgehead atoms. The number of hydrazine groups is 1. The van der Waals surface area contributed by atoms with E-state index in [2.05, 4.69) is 0 Å².